The molecule has 0 aromatic heterocycles. The molecule has 0 radical (unpaired) electrons. The number of benzene rings is 1. The Bertz CT molecular complexity index is 741. The van der Waals surface area contributed by atoms with Crippen molar-refractivity contribution in [2.75, 3.05) is 70.5 Å². The van der Waals surface area contributed by atoms with E-state index in [-0.39, 0.29) is 0 Å². The number of nitrogens with one attached hydrogen (secondary N) is 2. The number of morpholine rings is 1. The smallest absolute Gasteiger partial charge is 0.191 e. The van der Waals surface area contributed by atoms with Crippen molar-refractivity contribution in [1.29, 1.82) is 0 Å². The summed E-state index contributed by atoms with van der Waals surface area (Å²) in [6.07, 6.45) is 0.958. The molecule has 0 amide bonds. The van der Waals surface area contributed by atoms with Crippen molar-refractivity contribution < 1.29 is 18.6 Å². The summed E-state index contributed by atoms with van der Waals surface area (Å²) in [7, 11) is 0. The number of halogens is 2. The van der Waals surface area contributed by atoms with Gasteiger partial charge in [0.2, 0.25) is 0 Å². The molecular formula is C22H35F2N5O2. The molecule has 2 unspecified atom stereocenters. The van der Waals surface area contributed by atoms with E-state index in [4.69, 9.17) is 4.74 Å². The summed E-state index contributed by atoms with van der Waals surface area (Å²) in [5.41, 5.74) is -0.211. The maximum absolute atomic E-state index is 13.5. The molecule has 2 heterocycles. The second kappa shape index (κ2) is 11.1. The van der Waals surface area contributed by atoms with Crippen molar-refractivity contribution >= 4 is 11.6 Å². The number of rotatable bonds is 8. The van der Waals surface area contributed by atoms with Crippen molar-refractivity contribution in [3.63, 3.8) is 0 Å². The van der Waals surface area contributed by atoms with Gasteiger partial charge in [-0.1, -0.05) is 0 Å². The summed E-state index contributed by atoms with van der Waals surface area (Å²) >= 11 is 0. The third kappa shape index (κ3) is 7.29. The summed E-state index contributed by atoms with van der Waals surface area (Å²) in [5, 5.41) is 17.4. The highest BCUT2D eigenvalue weighted by Gasteiger charge is 2.26. The van der Waals surface area contributed by atoms with E-state index < -0.39 is 17.2 Å². The molecule has 2 aliphatic heterocycles. The van der Waals surface area contributed by atoms with E-state index in [9.17, 15) is 13.9 Å². The van der Waals surface area contributed by atoms with Gasteiger partial charge in [-0.15, -0.1) is 0 Å². The van der Waals surface area contributed by atoms with Gasteiger partial charge in [0, 0.05) is 57.6 Å². The monoisotopic (exact) mass is 439 g/mol. The molecule has 0 aliphatic carbocycles. The summed E-state index contributed by atoms with van der Waals surface area (Å²) in [5.74, 6) is -0.594. The molecular weight excluding hydrogens is 404 g/mol. The topological polar surface area (TPSA) is 72.4 Å². The van der Waals surface area contributed by atoms with Gasteiger partial charge in [0.25, 0.3) is 0 Å². The third-order valence-electron chi connectivity index (χ3n) is 5.70. The molecule has 0 spiro atoms. The second-order valence-corrected chi connectivity index (χ2v) is 8.66. The maximum Gasteiger partial charge on any atom is 0.191 e. The predicted octanol–water partition coefficient (Wildman–Crippen LogP) is 1.43. The molecule has 0 bridgehead atoms. The zero-order valence-corrected chi connectivity index (χ0v) is 18.5. The fraction of sp³-hybridized carbons (Fsp3) is 0.682. The fourth-order valence-corrected chi connectivity index (χ4v) is 4.04. The summed E-state index contributed by atoms with van der Waals surface area (Å²) in [6, 6.07) is 4.05. The zero-order valence-electron chi connectivity index (χ0n) is 18.5. The fourth-order valence-electron chi connectivity index (χ4n) is 4.04. The van der Waals surface area contributed by atoms with Crippen LogP contribution in [0.3, 0.4) is 0 Å². The second-order valence-electron chi connectivity index (χ2n) is 8.66. The van der Waals surface area contributed by atoms with Crippen LogP contribution in [0.25, 0.3) is 0 Å². The van der Waals surface area contributed by atoms with Crippen molar-refractivity contribution in [3.05, 3.63) is 29.8 Å². The Labute approximate surface area is 183 Å². The number of anilines is 1. The first-order valence-corrected chi connectivity index (χ1v) is 11.1. The Morgan fingerprint density at radius 2 is 2.00 bits per heavy atom. The van der Waals surface area contributed by atoms with Gasteiger partial charge in [0.05, 0.1) is 25.4 Å². The molecule has 2 atom stereocenters. The van der Waals surface area contributed by atoms with E-state index >= 15 is 0 Å². The highest BCUT2D eigenvalue weighted by molar-refractivity contribution is 5.79. The minimum Gasteiger partial charge on any atom is -0.387 e. The van der Waals surface area contributed by atoms with Crippen LogP contribution >= 0.6 is 0 Å². The lowest BCUT2D eigenvalue weighted by atomic mass is 10.1. The van der Waals surface area contributed by atoms with Crippen LogP contribution in [0.2, 0.25) is 0 Å². The highest BCUT2D eigenvalue weighted by Crippen LogP contribution is 2.25. The molecule has 3 rings (SSSR count). The first-order chi connectivity index (χ1) is 14.9. The van der Waals surface area contributed by atoms with Crippen LogP contribution in [0.4, 0.5) is 14.5 Å². The Balaban J connectivity index is 1.48. The number of ether oxygens (including phenoxy) is 1. The Morgan fingerprint density at radius 3 is 2.71 bits per heavy atom. The predicted molar refractivity (Wildman–Crippen MR) is 119 cm³/mol. The number of guanidine groups is 1. The minimum absolute atomic E-state index is 0.297. The van der Waals surface area contributed by atoms with E-state index in [1.54, 1.807) is 6.07 Å². The van der Waals surface area contributed by atoms with E-state index in [0.29, 0.717) is 43.9 Å². The Morgan fingerprint density at radius 1 is 1.23 bits per heavy atom. The van der Waals surface area contributed by atoms with Crippen LogP contribution in [0.5, 0.6) is 0 Å². The molecule has 31 heavy (non-hydrogen) atoms. The molecule has 3 N–H and O–H groups in total. The van der Waals surface area contributed by atoms with Crippen molar-refractivity contribution in [2.24, 2.45) is 10.9 Å². The van der Waals surface area contributed by atoms with Crippen LogP contribution in [-0.2, 0) is 4.74 Å². The van der Waals surface area contributed by atoms with Crippen molar-refractivity contribution in [3.8, 4) is 0 Å². The molecule has 7 nitrogen and oxygen atoms in total. The minimum atomic E-state index is -0.920. The summed E-state index contributed by atoms with van der Waals surface area (Å²) in [4.78, 5) is 8.87. The van der Waals surface area contributed by atoms with Gasteiger partial charge in [-0.05, 0) is 38.3 Å². The standard InChI is InChI=1S/C22H35F2N5O2/c1-3-25-21(27-15-22(2,30)16-28-8-10-31-11-9-28)26-13-17-6-7-29(14-17)18-4-5-19(23)20(24)12-18/h4-5,12,17,30H,3,6-11,13-16H2,1-2H3,(H2,25,26,27). The number of hydrogen-bond donors (Lipinski definition) is 3. The van der Waals surface area contributed by atoms with Gasteiger partial charge in [-0.2, -0.15) is 0 Å². The van der Waals surface area contributed by atoms with Gasteiger partial charge in [0.1, 0.15) is 0 Å². The van der Waals surface area contributed by atoms with Crippen molar-refractivity contribution in [2.45, 2.75) is 25.9 Å². The SMILES string of the molecule is CCNC(=NCC(C)(O)CN1CCOCC1)NCC1CCN(c2ccc(F)c(F)c2)C1. The summed E-state index contributed by atoms with van der Waals surface area (Å²) < 4.78 is 32.1. The number of β-amino-alcohol motifs (C(OH)–C–C–N with tert-alkyl or cyclic N) is 1. The molecule has 1 aromatic carbocycles. The lowest BCUT2D eigenvalue weighted by Gasteiger charge is -2.33. The van der Waals surface area contributed by atoms with Crippen LogP contribution in [0.1, 0.15) is 20.3 Å². The molecule has 174 valence electrons. The third-order valence-corrected chi connectivity index (χ3v) is 5.70. The largest absolute Gasteiger partial charge is 0.387 e. The number of hydrogen-bond acceptors (Lipinski definition) is 5. The molecule has 1 aromatic rings. The Hall–Kier alpha value is -1.97. The average molecular weight is 440 g/mol. The van der Waals surface area contributed by atoms with E-state index in [1.807, 2.05) is 13.8 Å². The van der Waals surface area contributed by atoms with Crippen LogP contribution in [0.15, 0.2) is 23.2 Å². The van der Waals surface area contributed by atoms with Gasteiger partial charge >= 0.3 is 0 Å². The first-order valence-electron chi connectivity index (χ1n) is 11.1. The molecule has 2 fully saturated rings. The lowest BCUT2D eigenvalue weighted by molar-refractivity contribution is -0.0180. The van der Waals surface area contributed by atoms with Gasteiger partial charge in [0.15, 0.2) is 17.6 Å². The average Bonchev–Trinajstić information content (AvgIpc) is 3.21. The van der Waals surface area contributed by atoms with Gasteiger partial charge in [-0.25, -0.2) is 8.78 Å². The van der Waals surface area contributed by atoms with Gasteiger partial charge in [-0.3, -0.25) is 9.89 Å². The normalized spacial score (nSPS) is 22.4. The quantitative estimate of drug-likeness (QED) is 0.421. The van der Waals surface area contributed by atoms with Gasteiger partial charge < -0.3 is 25.4 Å². The maximum atomic E-state index is 13.5. The van der Waals surface area contributed by atoms with E-state index in [2.05, 4.69) is 25.4 Å². The molecule has 9 heteroatoms. The van der Waals surface area contributed by atoms with E-state index in [1.165, 1.54) is 12.1 Å². The number of nitrogens with zero attached hydrogens (tertiary/aromatic N) is 3. The molecule has 2 aliphatic rings. The highest BCUT2D eigenvalue weighted by atomic mass is 19.2. The first kappa shape index (κ1) is 23.7. The lowest BCUT2D eigenvalue weighted by Crippen LogP contribution is -2.48. The number of aliphatic imine (C=N–C) groups is 1. The van der Waals surface area contributed by atoms with Crippen LogP contribution in [-0.4, -0.2) is 87.1 Å². The summed E-state index contributed by atoms with van der Waals surface area (Å²) in [6.45, 7) is 10.8. The van der Waals surface area contributed by atoms with Crippen molar-refractivity contribution in [1.82, 2.24) is 15.5 Å². The van der Waals surface area contributed by atoms with Crippen LogP contribution < -0.4 is 15.5 Å². The number of aliphatic hydroxyl groups is 1. The van der Waals surface area contributed by atoms with Crippen LogP contribution in [0, 0.1) is 17.6 Å². The molecule has 2 saturated heterocycles. The molecule has 0 saturated carbocycles. The van der Waals surface area contributed by atoms with E-state index in [0.717, 1.165) is 45.7 Å². The Kier molecular flexibility index (Phi) is 8.45. The zero-order chi connectivity index (χ0) is 22.3.